The molecule has 6 nitrogen and oxygen atoms in total. The first-order valence-electron chi connectivity index (χ1n) is 8.14. The van der Waals surface area contributed by atoms with Crippen LogP contribution in [0.25, 0.3) is 0 Å². The number of carbonyl (C=O) groups excluding carboxylic acids is 3. The van der Waals surface area contributed by atoms with Crippen LogP contribution in [0.3, 0.4) is 0 Å². The molecule has 0 fully saturated rings. The lowest BCUT2D eigenvalue weighted by Crippen LogP contribution is -2.15. The minimum absolute atomic E-state index is 0.0134. The molecule has 142 valence electrons. The molecule has 2 aromatic rings. The Morgan fingerprint density at radius 1 is 0.889 bits per heavy atom. The van der Waals surface area contributed by atoms with E-state index in [0.29, 0.717) is 22.1 Å². The Balaban J connectivity index is 1.85. The highest BCUT2D eigenvalue weighted by atomic mass is 35.5. The van der Waals surface area contributed by atoms with Crippen molar-refractivity contribution in [2.24, 2.45) is 0 Å². The fourth-order valence-electron chi connectivity index (χ4n) is 2.32. The van der Waals surface area contributed by atoms with E-state index in [1.807, 2.05) is 0 Å². The van der Waals surface area contributed by atoms with Crippen LogP contribution in [0, 0.1) is 0 Å². The zero-order valence-electron chi connectivity index (χ0n) is 15.0. The van der Waals surface area contributed by atoms with Crippen LogP contribution in [0.5, 0.6) is 11.5 Å². The third kappa shape index (κ3) is 5.82. The number of hydrogen-bond donors (Lipinski definition) is 0. The van der Waals surface area contributed by atoms with Crippen LogP contribution >= 0.6 is 11.6 Å². The lowest BCUT2D eigenvalue weighted by Gasteiger charge is -2.10. The minimum atomic E-state index is -0.627. The molecule has 2 aromatic carbocycles. The van der Waals surface area contributed by atoms with Gasteiger partial charge in [-0.25, -0.2) is 0 Å². The quantitative estimate of drug-likeness (QED) is 0.479. The topological polar surface area (TPSA) is 78.9 Å². The summed E-state index contributed by atoms with van der Waals surface area (Å²) >= 11 is 5.77. The summed E-state index contributed by atoms with van der Waals surface area (Å²) in [5.74, 6) is -0.369. The molecule has 0 aliphatic heterocycles. The van der Waals surface area contributed by atoms with Crippen molar-refractivity contribution in [2.45, 2.75) is 12.8 Å². The smallest absolute Gasteiger partial charge is 0.306 e. The van der Waals surface area contributed by atoms with Gasteiger partial charge in [-0.2, -0.15) is 0 Å². The molecule has 0 aliphatic carbocycles. The predicted molar refractivity (Wildman–Crippen MR) is 99.9 cm³/mol. The van der Waals surface area contributed by atoms with Gasteiger partial charge in [0.25, 0.3) is 0 Å². The van der Waals surface area contributed by atoms with E-state index in [1.54, 1.807) is 36.4 Å². The highest BCUT2D eigenvalue weighted by Crippen LogP contribution is 2.25. The number of ether oxygens (including phenoxy) is 3. The maximum absolute atomic E-state index is 12.2. The van der Waals surface area contributed by atoms with E-state index in [1.165, 1.54) is 20.3 Å². The van der Waals surface area contributed by atoms with Gasteiger partial charge in [0.2, 0.25) is 5.78 Å². The van der Waals surface area contributed by atoms with E-state index >= 15 is 0 Å². The monoisotopic (exact) mass is 390 g/mol. The first-order valence-corrected chi connectivity index (χ1v) is 8.52. The summed E-state index contributed by atoms with van der Waals surface area (Å²) < 4.78 is 15.2. The molecular weight excluding hydrogens is 372 g/mol. The number of rotatable bonds is 9. The van der Waals surface area contributed by atoms with Crippen molar-refractivity contribution >= 4 is 29.1 Å². The van der Waals surface area contributed by atoms with Crippen molar-refractivity contribution in [3.05, 3.63) is 58.6 Å². The molecule has 0 saturated heterocycles. The van der Waals surface area contributed by atoms with Crippen molar-refractivity contribution in [1.82, 2.24) is 0 Å². The Bertz CT molecular complexity index is 829. The summed E-state index contributed by atoms with van der Waals surface area (Å²) in [5.41, 5.74) is 0.745. The Hall–Kier alpha value is -2.86. The van der Waals surface area contributed by atoms with E-state index in [9.17, 15) is 14.4 Å². The first-order chi connectivity index (χ1) is 12.9. The molecule has 27 heavy (non-hydrogen) atoms. The van der Waals surface area contributed by atoms with Gasteiger partial charge in [0.05, 0.1) is 26.2 Å². The molecule has 0 saturated carbocycles. The Labute approximate surface area is 162 Å². The number of ketones is 2. The molecule has 2 rings (SSSR count). The lowest BCUT2D eigenvalue weighted by atomic mass is 10.1. The SMILES string of the molecule is COc1ccc(C(=O)COC(=O)CCC(=O)c2ccc(Cl)cc2)c(OC)c1. The molecule has 7 heteroatoms. The molecule has 0 bridgehead atoms. The molecule has 0 amide bonds. The van der Waals surface area contributed by atoms with Gasteiger partial charge in [-0.3, -0.25) is 14.4 Å². The standard InChI is InChI=1S/C20H19ClO6/c1-25-15-7-8-16(19(11-15)26-2)18(23)12-27-20(24)10-9-17(22)13-3-5-14(21)6-4-13/h3-8,11H,9-10,12H2,1-2H3. The lowest BCUT2D eigenvalue weighted by molar-refractivity contribution is -0.142. The largest absolute Gasteiger partial charge is 0.497 e. The van der Waals surface area contributed by atoms with Crippen molar-refractivity contribution in [3.63, 3.8) is 0 Å². The molecular formula is C20H19ClO6. The number of esters is 1. The number of carbonyl (C=O) groups is 3. The predicted octanol–water partition coefficient (Wildman–Crippen LogP) is 3.75. The molecule has 0 aromatic heterocycles. The van der Waals surface area contributed by atoms with Crippen LogP contribution in [0.1, 0.15) is 33.6 Å². The first kappa shape index (κ1) is 20.5. The van der Waals surface area contributed by atoms with Gasteiger partial charge in [0, 0.05) is 23.1 Å². The van der Waals surface area contributed by atoms with Gasteiger partial charge in [0.15, 0.2) is 12.4 Å². The van der Waals surface area contributed by atoms with E-state index in [-0.39, 0.29) is 24.2 Å². The summed E-state index contributed by atoms with van der Waals surface area (Å²) in [4.78, 5) is 36.1. The van der Waals surface area contributed by atoms with Crippen LogP contribution in [-0.2, 0) is 9.53 Å². The normalized spacial score (nSPS) is 10.2. The zero-order valence-corrected chi connectivity index (χ0v) is 15.7. The minimum Gasteiger partial charge on any atom is -0.497 e. The summed E-state index contributed by atoms with van der Waals surface area (Å²) in [6.45, 7) is -0.434. The van der Waals surface area contributed by atoms with E-state index in [4.69, 9.17) is 25.8 Å². The summed E-state index contributed by atoms with van der Waals surface area (Å²) in [6.07, 6.45) is -0.130. The van der Waals surface area contributed by atoms with Crippen LogP contribution in [-0.4, -0.2) is 38.4 Å². The Morgan fingerprint density at radius 3 is 2.22 bits per heavy atom. The third-order valence-electron chi connectivity index (χ3n) is 3.80. The number of Topliss-reactive ketones (excluding diaryl/α,β-unsaturated/α-hetero) is 2. The maximum atomic E-state index is 12.2. The van der Waals surface area contributed by atoms with Crippen molar-refractivity contribution < 1.29 is 28.6 Å². The second-order valence-electron chi connectivity index (χ2n) is 5.58. The highest BCUT2D eigenvalue weighted by molar-refractivity contribution is 6.30. The van der Waals surface area contributed by atoms with E-state index in [2.05, 4.69) is 0 Å². The second kappa shape index (κ2) is 9.73. The number of hydrogen-bond acceptors (Lipinski definition) is 6. The molecule has 0 N–H and O–H groups in total. The summed E-state index contributed by atoms with van der Waals surface area (Å²) in [6, 6.07) is 11.1. The Kier molecular flexibility index (Phi) is 7.37. The van der Waals surface area contributed by atoms with Gasteiger partial charge < -0.3 is 14.2 Å². The van der Waals surface area contributed by atoms with Gasteiger partial charge in [0.1, 0.15) is 11.5 Å². The molecule has 0 spiro atoms. The van der Waals surface area contributed by atoms with Crippen LogP contribution < -0.4 is 9.47 Å². The fraction of sp³-hybridized carbons (Fsp3) is 0.250. The van der Waals surface area contributed by atoms with Crippen LogP contribution in [0.2, 0.25) is 5.02 Å². The maximum Gasteiger partial charge on any atom is 0.306 e. The average molecular weight is 391 g/mol. The second-order valence-corrected chi connectivity index (χ2v) is 6.02. The average Bonchev–Trinajstić information content (AvgIpc) is 2.70. The van der Waals surface area contributed by atoms with Gasteiger partial charge >= 0.3 is 5.97 Å². The van der Waals surface area contributed by atoms with E-state index in [0.717, 1.165) is 0 Å². The number of methoxy groups -OCH3 is 2. The molecule has 0 atom stereocenters. The van der Waals surface area contributed by atoms with Crippen molar-refractivity contribution in [2.75, 3.05) is 20.8 Å². The third-order valence-corrected chi connectivity index (χ3v) is 4.05. The van der Waals surface area contributed by atoms with Gasteiger partial charge in [-0.15, -0.1) is 0 Å². The summed E-state index contributed by atoms with van der Waals surface area (Å²) in [7, 11) is 2.93. The van der Waals surface area contributed by atoms with Gasteiger partial charge in [-0.1, -0.05) is 11.6 Å². The number of halogens is 1. The van der Waals surface area contributed by atoms with E-state index < -0.39 is 18.4 Å². The Morgan fingerprint density at radius 2 is 1.59 bits per heavy atom. The van der Waals surface area contributed by atoms with Gasteiger partial charge in [-0.05, 0) is 36.4 Å². The molecule has 0 radical (unpaired) electrons. The van der Waals surface area contributed by atoms with Crippen LogP contribution in [0.4, 0.5) is 0 Å². The summed E-state index contributed by atoms with van der Waals surface area (Å²) in [5, 5.41) is 0.526. The molecule has 0 aliphatic rings. The van der Waals surface area contributed by atoms with Crippen molar-refractivity contribution in [3.8, 4) is 11.5 Å². The van der Waals surface area contributed by atoms with Crippen molar-refractivity contribution in [1.29, 1.82) is 0 Å². The number of benzene rings is 2. The highest BCUT2D eigenvalue weighted by Gasteiger charge is 2.16. The van der Waals surface area contributed by atoms with Crippen LogP contribution in [0.15, 0.2) is 42.5 Å². The molecule has 0 heterocycles. The molecule has 0 unspecified atom stereocenters. The zero-order chi connectivity index (χ0) is 19.8. The fourth-order valence-corrected chi connectivity index (χ4v) is 2.45.